The number of fused-ring (bicyclic) bond motifs is 1. The minimum atomic E-state index is -0.669. The van der Waals surface area contributed by atoms with Crippen molar-refractivity contribution >= 4 is 34.2 Å². The van der Waals surface area contributed by atoms with Gasteiger partial charge in [0.2, 0.25) is 5.91 Å². The number of benzene rings is 2. The Bertz CT molecular complexity index is 994. The third kappa shape index (κ3) is 3.30. The molecule has 3 aromatic rings. The number of nitrogens with zero attached hydrogens (tertiary/aromatic N) is 2. The number of aryl methyl sites for hydroxylation is 2. The molecule has 0 bridgehead atoms. The summed E-state index contributed by atoms with van der Waals surface area (Å²) >= 11 is 5.70. The number of carbonyl (C=O) groups excluding carboxylic acids is 1. The fourth-order valence-corrected chi connectivity index (χ4v) is 3.00. The maximum absolute atomic E-state index is 13.8. The minimum absolute atomic E-state index is 0.0285. The van der Waals surface area contributed by atoms with Crippen molar-refractivity contribution in [2.75, 3.05) is 5.32 Å². The van der Waals surface area contributed by atoms with Crippen LogP contribution in [-0.4, -0.2) is 15.0 Å². The van der Waals surface area contributed by atoms with E-state index in [2.05, 4.69) is 5.32 Å². The molecule has 0 aliphatic heterocycles. The number of para-hydroxylation sites is 2. The Balaban J connectivity index is 1.79. The Morgan fingerprint density at radius 1 is 1.12 bits per heavy atom. The highest BCUT2D eigenvalue weighted by molar-refractivity contribution is 6.31. The first-order valence-electron chi connectivity index (χ1n) is 7.95. The van der Waals surface area contributed by atoms with Gasteiger partial charge in [-0.15, -0.1) is 0 Å². The summed E-state index contributed by atoms with van der Waals surface area (Å²) in [5.41, 5.74) is 1.47. The van der Waals surface area contributed by atoms with E-state index in [4.69, 9.17) is 11.6 Å². The zero-order valence-corrected chi connectivity index (χ0v) is 14.4. The van der Waals surface area contributed by atoms with E-state index < -0.39 is 5.82 Å². The van der Waals surface area contributed by atoms with Crippen LogP contribution in [0, 0.1) is 5.82 Å². The topological polar surface area (TPSA) is 56.0 Å². The molecule has 0 aliphatic carbocycles. The number of carbonyl (C=O) groups is 1. The van der Waals surface area contributed by atoms with Crippen LogP contribution in [0.15, 0.2) is 47.3 Å². The zero-order valence-electron chi connectivity index (χ0n) is 13.6. The Kier molecular flexibility index (Phi) is 4.90. The lowest BCUT2D eigenvalue weighted by molar-refractivity contribution is -0.116. The van der Waals surface area contributed by atoms with Crippen molar-refractivity contribution < 1.29 is 9.18 Å². The Hall–Kier alpha value is -2.60. The first-order valence-corrected chi connectivity index (χ1v) is 8.32. The van der Waals surface area contributed by atoms with Gasteiger partial charge < -0.3 is 5.32 Å². The largest absolute Gasteiger partial charge is 0.329 e. The molecule has 5 nitrogen and oxygen atoms in total. The lowest BCUT2D eigenvalue weighted by Crippen LogP contribution is -2.25. The molecule has 1 N–H and O–H groups in total. The fraction of sp³-hybridized carbons (Fsp3) is 0.222. The van der Waals surface area contributed by atoms with Gasteiger partial charge in [0.15, 0.2) is 5.82 Å². The second kappa shape index (κ2) is 7.11. The molecule has 25 heavy (non-hydrogen) atoms. The Morgan fingerprint density at radius 3 is 2.48 bits per heavy atom. The highest BCUT2D eigenvalue weighted by Crippen LogP contribution is 2.22. The van der Waals surface area contributed by atoms with Crippen molar-refractivity contribution in [3.8, 4) is 0 Å². The van der Waals surface area contributed by atoms with Gasteiger partial charge in [-0.2, -0.15) is 0 Å². The number of hydrogen-bond acceptors (Lipinski definition) is 2. The van der Waals surface area contributed by atoms with Gasteiger partial charge in [0.1, 0.15) is 0 Å². The van der Waals surface area contributed by atoms with E-state index in [-0.39, 0.29) is 35.3 Å². The van der Waals surface area contributed by atoms with Gasteiger partial charge in [0.25, 0.3) is 0 Å². The van der Waals surface area contributed by atoms with Gasteiger partial charge in [-0.3, -0.25) is 13.9 Å². The third-order valence-corrected chi connectivity index (χ3v) is 4.32. The van der Waals surface area contributed by atoms with Crippen molar-refractivity contribution in [2.24, 2.45) is 0 Å². The summed E-state index contributed by atoms with van der Waals surface area (Å²) in [7, 11) is 0. The highest BCUT2D eigenvalue weighted by atomic mass is 35.5. The molecule has 3 rings (SSSR count). The predicted molar refractivity (Wildman–Crippen MR) is 96.5 cm³/mol. The molecule has 7 heteroatoms. The Morgan fingerprint density at radius 2 is 1.80 bits per heavy atom. The van der Waals surface area contributed by atoms with E-state index in [0.717, 1.165) is 11.0 Å². The second-order valence-corrected chi connectivity index (χ2v) is 5.97. The van der Waals surface area contributed by atoms with Crippen LogP contribution in [0.2, 0.25) is 5.02 Å². The van der Waals surface area contributed by atoms with Gasteiger partial charge in [0, 0.05) is 19.5 Å². The van der Waals surface area contributed by atoms with E-state index in [1.165, 1.54) is 12.1 Å². The van der Waals surface area contributed by atoms with Crippen LogP contribution in [-0.2, 0) is 17.9 Å². The maximum Gasteiger partial charge on any atom is 0.329 e. The molecule has 0 radical (unpaired) electrons. The smallest absolute Gasteiger partial charge is 0.323 e. The number of imidazole rings is 1. The molecule has 0 saturated heterocycles. The average molecular weight is 362 g/mol. The SMILES string of the molecule is CCn1c(=O)n(CCC(=O)Nc2cccc(Cl)c2F)c2ccccc21. The van der Waals surface area contributed by atoms with Crippen LogP contribution in [0.1, 0.15) is 13.3 Å². The van der Waals surface area contributed by atoms with Crippen molar-refractivity contribution in [2.45, 2.75) is 26.4 Å². The van der Waals surface area contributed by atoms with Gasteiger partial charge in [0.05, 0.1) is 21.7 Å². The Labute approximate surface area is 148 Å². The summed E-state index contributed by atoms with van der Waals surface area (Å²) in [4.78, 5) is 24.6. The van der Waals surface area contributed by atoms with Crippen LogP contribution >= 0.6 is 11.6 Å². The summed E-state index contributed by atoms with van der Waals surface area (Å²) < 4.78 is 17.1. The standard InChI is InChI=1S/C18H17ClFN3O2/c1-2-22-14-8-3-4-9-15(14)23(18(22)25)11-10-16(24)21-13-7-5-6-12(19)17(13)20/h3-9H,2,10-11H2,1H3,(H,21,24). The summed E-state index contributed by atoms with van der Waals surface area (Å²) in [6.07, 6.45) is 0.0452. The summed E-state index contributed by atoms with van der Waals surface area (Å²) in [5.74, 6) is -1.06. The predicted octanol–water partition coefficient (Wildman–Crippen LogP) is 3.64. The van der Waals surface area contributed by atoms with Crippen molar-refractivity contribution in [1.29, 1.82) is 0 Å². The van der Waals surface area contributed by atoms with Gasteiger partial charge >= 0.3 is 5.69 Å². The number of amides is 1. The maximum atomic E-state index is 13.8. The number of anilines is 1. The molecule has 130 valence electrons. The van der Waals surface area contributed by atoms with E-state index >= 15 is 0 Å². The van der Waals surface area contributed by atoms with Crippen LogP contribution in [0.4, 0.5) is 10.1 Å². The van der Waals surface area contributed by atoms with Crippen LogP contribution in [0.25, 0.3) is 11.0 Å². The highest BCUT2D eigenvalue weighted by Gasteiger charge is 2.14. The van der Waals surface area contributed by atoms with Crippen molar-refractivity contribution in [3.05, 3.63) is 63.8 Å². The van der Waals surface area contributed by atoms with E-state index in [0.29, 0.717) is 6.54 Å². The third-order valence-electron chi connectivity index (χ3n) is 4.03. The summed E-state index contributed by atoms with van der Waals surface area (Å²) in [6, 6.07) is 11.8. The average Bonchev–Trinajstić information content (AvgIpc) is 2.88. The molecular weight excluding hydrogens is 345 g/mol. The van der Waals surface area contributed by atoms with Crippen molar-refractivity contribution in [3.63, 3.8) is 0 Å². The molecule has 1 amide bonds. The van der Waals surface area contributed by atoms with E-state index in [1.54, 1.807) is 15.2 Å². The van der Waals surface area contributed by atoms with Gasteiger partial charge in [-0.05, 0) is 31.2 Å². The van der Waals surface area contributed by atoms with Gasteiger partial charge in [-0.25, -0.2) is 9.18 Å². The summed E-state index contributed by atoms with van der Waals surface area (Å²) in [5, 5.41) is 2.43. The van der Waals surface area contributed by atoms with Crippen LogP contribution in [0.3, 0.4) is 0 Å². The van der Waals surface area contributed by atoms with Crippen LogP contribution in [0.5, 0.6) is 0 Å². The number of aromatic nitrogens is 2. The molecule has 0 atom stereocenters. The molecule has 2 aromatic carbocycles. The molecule has 0 aliphatic rings. The zero-order chi connectivity index (χ0) is 18.0. The lowest BCUT2D eigenvalue weighted by atomic mass is 10.3. The first kappa shape index (κ1) is 17.2. The monoisotopic (exact) mass is 361 g/mol. The van der Waals surface area contributed by atoms with E-state index in [1.807, 2.05) is 31.2 Å². The molecular formula is C18H17ClFN3O2. The van der Waals surface area contributed by atoms with Crippen molar-refractivity contribution in [1.82, 2.24) is 9.13 Å². The normalized spacial score (nSPS) is 11.0. The van der Waals surface area contributed by atoms with E-state index in [9.17, 15) is 14.0 Å². The number of hydrogen-bond donors (Lipinski definition) is 1. The molecule has 0 spiro atoms. The number of halogens is 2. The number of nitrogens with one attached hydrogen (secondary N) is 1. The second-order valence-electron chi connectivity index (χ2n) is 5.57. The molecule has 0 saturated carbocycles. The summed E-state index contributed by atoms with van der Waals surface area (Å²) in [6.45, 7) is 2.65. The van der Waals surface area contributed by atoms with Gasteiger partial charge in [-0.1, -0.05) is 29.8 Å². The molecule has 1 aromatic heterocycles. The lowest BCUT2D eigenvalue weighted by Gasteiger charge is -2.08. The molecule has 0 unspecified atom stereocenters. The number of rotatable bonds is 5. The minimum Gasteiger partial charge on any atom is -0.323 e. The molecule has 1 heterocycles. The first-order chi connectivity index (χ1) is 12.0. The molecule has 0 fully saturated rings. The van der Waals surface area contributed by atoms with Crippen LogP contribution < -0.4 is 11.0 Å². The quantitative estimate of drug-likeness (QED) is 0.754. The fourth-order valence-electron chi connectivity index (χ4n) is 2.82.